The molecule has 2 aromatic carbocycles. The molecule has 0 atom stereocenters. The minimum Gasteiger partial charge on any atom is -0.422 e. The van der Waals surface area contributed by atoms with Gasteiger partial charge in [0.15, 0.2) is 0 Å². The van der Waals surface area contributed by atoms with Crippen molar-refractivity contribution in [2.24, 2.45) is 10.2 Å². The van der Waals surface area contributed by atoms with E-state index in [9.17, 15) is 4.79 Å². The summed E-state index contributed by atoms with van der Waals surface area (Å²) in [6, 6.07) is 15.0. The molecule has 168 valence electrons. The van der Waals surface area contributed by atoms with E-state index in [1.807, 2.05) is 41.8 Å². The standard InChI is InChI=1S/C25H21Cl2N3O2S/c26-20-11-10-16(12-21(20)27)14-28-29-25-30(18-7-2-1-3-8-18)22(15-33-25)19-13-17-6-4-5-9-23(17)32-24(19)31/h4-6,9-15,18H,1-3,7-8H2/b28-14+,29-25+. The molecular weight excluding hydrogens is 477 g/mol. The van der Waals surface area contributed by atoms with Gasteiger partial charge >= 0.3 is 5.63 Å². The molecule has 0 amide bonds. The second-order valence-electron chi connectivity index (χ2n) is 8.07. The quantitative estimate of drug-likeness (QED) is 0.172. The number of rotatable bonds is 4. The van der Waals surface area contributed by atoms with E-state index in [1.54, 1.807) is 18.3 Å². The summed E-state index contributed by atoms with van der Waals surface area (Å²) in [7, 11) is 0. The van der Waals surface area contributed by atoms with Crippen LogP contribution in [0.25, 0.3) is 22.2 Å². The Labute approximate surface area is 204 Å². The summed E-state index contributed by atoms with van der Waals surface area (Å²) in [6.07, 6.45) is 7.29. The Bertz CT molecular complexity index is 1460. The van der Waals surface area contributed by atoms with Gasteiger partial charge in [0, 0.05) is 16.8 Å². The number of hydrogen-bond donors (Lipinski definition) is 0. The second kappa shape index (κ2) is 9.67. The predicted molar refractivity (Wildman–Crippen MR) is 136 cm³/mol. The first-order valence-electron chi connectivity index (χ1n) is 10.9. The molecule has 33 heavy (non-hydrogen) atoms. The number of nitrogens with zero attached hydrogens (tertiary/aromatic N) is 3. The molecule has 1 aliphatic carbocycles. The predicted octanol–water partition coefficient (Wildman–Crippen LogP) is 7.07. The van der Waals surface area contributed by atoms with Crippen LogP contribution in [0.1, 0.15) is 43.7 Å². The minimum absolute atomic E-state index is 0.268. The lowest BCUT2D eigenvalue weighted by Crippen LogP contribution is -2.24. The maximum Gasteiger partial charge on any atom is 0.345 e. The van der Waals surface area contributed by atoms with Crippen LogP contribution in [0.15, 0.2) is 73.3 Å². The fourth-order valence-corrected chi connectivity index (χ4v) is 5.48. The lowest BCUT2D eigenvalue weighted by atomic mass is 9.95. The number of fused-ring (bicyclic) bond motifs is 1. The largest absolute Gasteiger partial charge is 0.422 e. The van der Waals surface area contributed by atoms with Crippen LogP contribution < -0.4 is 10.4 Å². The highest BCUT2D eigenvalue weighted by Gasteiger charge is 2.22. The summed E-state index contributed by atoms with van der Waals surface area (Å²) >= 11 is 13.6. The summed E-state index contributed by atoms with van der Waals surface area (Å²) in [5.41, 5.74) is 2.42. The zero-order valence-corrected chi connectivity index (χ0v) is 20.0. The van der Waals surface area contributed by atoms with Crippen LogP contribution in [0, 0.1) is 0 Å². The third-order valence-corrected chi connectivity index (χ3v) is 7.46. The third-order valence-electron chi connectivity index (χ3n) is 5.89. The van der Waals surface area contributed by atoms with Gasteiger partial charge in [-0.1, -0.05) is 66.7 Å². The van der Waals surface area contributed by atoms with E-state index in [1.165, 1.54) is 17.8 Å². The topological polar surface area (TPSA) is 59.9 Å². The molecule has 1 aliphatic rings. The normalized spacial score (nSPS) is 15.6. The fourth-order valence-electron chi connectivity index (χ4n) is 4.26. The molecule has 8 heteroatoms. The number of para-hydroxylation sites is 1. The minimum atomic E-state index is -0.345. The highest BCUT2D eigenvalue weighted by molar-refractivity contribution is 7.07. The lowest BCUT2D eigenvalue weighted by Gasteiger charge is -2.24. The molecule has 2 aromatic heterocycles. The molecule has 1 saturated carbocycles. The number of halogens is 2. The van der Waals surface area contributed by atoms with Crippen molar-refractivity contribution in [2.45, 2.75) is 38.1 Å². The van der Waals surface area contributed by atoms with E-state index in [2.05, 4.69) is 14.8 Å². The van der Waals surface area contributed by atoms with Gasteiger partial charge in [-0.05, 0) is 42.7 Å². The van der Waals surface area contributed by atoms with Gasteiger partial charge in [-0.3, -0.25) is 0 Å². The van der Waals surface area contributed by atoms with Crippen molar-refractivity contribution in [1.82, 2.24) is 4.57 Å². The van der Waals surface area contributed by atoms with E-state index < -0.39 is 0 Å². The molecule has 0 radical (unpaired) electrons. The van der Waals surface area contributed by atoms with Crippen LogP contribution >= 0.6 is 34.5 Å². The zero-order valence-electron chi connectivity index (χ0n) is 17.7. The SMILES string of the molecule is O=c1oc2ccccc2cc1-c1cs/c(=N/N=C/c2ccc(Cl)c(Cl)c2)n1C1CCCCC1. The molecule has 0 N–H and O–H groups in total. The zero-order chi connectivity index (χ0) is 22.8. The van der Waals surface area contributed by atoms with Crippen molar-refractivity contribution in [3.8, 4) is 11.3 Å². The number of aromatic nitrogens is 1. The van der Waals surface area contributed by atoms with Gasteiger partial charge in [0.2, 0.25) is 4.80 Å². The highest BCUT2D eigenvalue weighted by atomic mass is 35.5. The van der Waals surface area contributed by atoms with Crippen LogP contribution in [-0.4, -0.2) is 10.8 Å². The van der Waals surface area contributed by atoms with E-state index in [0.29, 0.717) is 21.2 Å². The highest BCUT2D eigenvalue weighted by Crippen LogP contribution is 2.32. The van der Waals surface area contributed by atoms with E-state index in [4.69, 9.17) is 27.6 Å². The first kappa shape index (κ1) is 22.1. The van der Waals surface area contributed by atoms with Crippen molar-refractivity contribution in [2.75, 3.05) is 0 Å². The maximum atomic E-state index is 12.9. The van der Waals surface area contributed by atoms with Crippen molar-refractivity contribution < 1.29 is 4.42 Å². The first-order chi connectivity index (χ1) is 16.1. The molecule has 2 heterocycles. The summed E-state index contributed by atoms with van der Waals surface area (Å²) in [6.45, 7) is 0. The van der Waals surface area contributed by atoms with Crippen molar-refractivity contribution in [1.29, 1.82) is 0 Å². The number of thiazole rings is 1. The molecule has 0 unspecified atom stereocenters. The van der Waals surface area contributed by atoms with Crippen LogP contribution in [0.5, 0.6) is 0 Å². The Morgan fingerprint density at radius 3 is 2.67 bits per heavy atom. The van der Waals surface area contributed by atoms with Crippen LogP contribution in [-0.2, 0) is 0 Å². The smallest absolute Gasteiger partial charge is 0.345 e. The van der Waals surface area contributed by atoms with Gasteiger partial charge in [0.25, 0.3) is 0 Å². The van der Waals surface area contributed by atoms with Crippen molar-refractivity contribution >= 4 is 51.7 Å². The van der Waals surface area contributed by atoms with E-state index in [-0.39, 0.29) is 11.7 Å². The molecule has 0 spiro atoms. The summed E-state index contributed by atoms with van der Waals surface area (Å²) in [4.78, 5) is 13.6. The Morgan fingerprint density at radius 2 is 1.85 bits per heavy atom. The maximum absolute atomic E-state index is 12.9. The van der Waals surface area contributed by atoms with Crippen LogP contribution in [0.2, 0.25) is 10.0 Å². The summed E-state index contributed by atoms with van der Waals surface area (Å²) < 4.78 is 7.77. The van der Waals surface area contributed by atoms with Gasteiger partial charge in [0.05, 0.1) is 27.5 Å². The average Bonchev–Trinajstić information content (AvgIpc) is 3.25. The van der Waals surface area contributed by atoms with Gasteiger partial charge in [-0.15, -0.1) is 16.4 Å². The Balaban J connectivity index is 1.60. The fraction of sp³-hybridized carbons (Fsp3) is 0.240. The molecular formula is C25H21Cl2N3O2S. The van der Waals surface area contributed by atoms with Gasteiger partial charge < -0.3 is 8.98 Å². The second-order valence-corrected chi connectivity index (χ2v) is 9.72. The molecule has 0 aliphatic heterocycles. The number of hydrogen-bond acceptors (Lipinski definition) is 5. The van der Waals surface area contributed by atoms with Crippen molar-refractivity contribution in [3.63, 3.8) is 0 Å². The summed E-state index contributed by atoms with van der Waals surface area (Å²) in [5, 5.41) is 12.7. The van der Waals surface area contributed by atoms with Gasteiger partial charge in [-0.2, -0.15) is 5.10 Å². The molecule has 5 rings (SSSR count). The Kier molecular flexibility index (Phi) is 6.49. The van der Waals surface area contributed by atoms with E-state index in [0.717, 1.165) is 47.1 Å². The lowest BCUT2D eigenvalue weighted by molar-refractivity contribution is 0.350. The average molecular weight is 498 g/mol. The van der Waals surface area contributed by atoms with Gasteiger partial charge in [0.1, 0.15) is 5.58 Å². The van der Waals surface area contributed by atoms with Gasteiger partial charge in [-0.25, -0.2) is 4.79 Å². The monoisotopic (exact) mass is 497 g/mol. The molecule has 4 aromatic rings. The summed E-state index contributed by atoms with van der Waals surface area (Å²) in [5.74, 6) is 0. The van der Waals surface area contributed by atoms with E-state index >= 15 is 0 Å². The Morgan fingerprint density at radius 1 is 1.03 bits per heavy atom. The molecule has 5 nitrogen and oxygen atoms in total. The number of benzene rings is 2. The van der Waals surface area contributed by atoms with Crippen molar-refractivity contribution in [3.05, 3.63) is 84.7 Å². The molecule has 1 fully saturated rings. The van der Waals surface area contributed by atoms with Crippen LogP contribution in [0.3, 0.4) is 0 Å². The Hall–Kier alpha value is -2.67. The first-order valence-corrected chi connectivity index (χ1v) is 12.5. The third kappa shape index (κ3) is 4.69. The molecule has 0 bridgehead atoms. The molecule has 0 saturated heterocycles. The van der Waals surface area contributed by atoms with Crippen LogP contribution in [0.4, 0.5) is 0 Å².